The fourth-order valence-electron chi connectivity index (χ4n) is 3.18. The Morgan fingerprint density at radius 3 is 2.52 bits per heavy atom. The summed E-state index contributed by atoms with van der Waals surface area (Å²) in [6, 6.07) is 23.9. The molecule has 1 atom stereocenters. The molecule has 3 aromatic rings. The van der Waals surface area contributed by atoms with Gasteiger partial charge in [-0.1, -0.05) is 54.6 Å². The Morgan fingerprint density at radius 1 is 0.960 bits per heavy atom. The van der Waals surface area contributed by atoms with Gasteiger partial charge in [-0.3, -0.25) is 4.79 Å². The van der Waals surface area contributed by atoms with Gasteiger partial charge in [-0.2, -0.15) is 5.10 Å². The highest BCUT2D eigenvalue weighted by Crippen LogP contribution is 2.26. The lowest BCUT2D eigenvalue weighted by molar-refractivity contribution is -0.119. The topological polar surface area (TPSA) is 44.7 Å². The number of nitrogens with zero attached hydrogens (tertiary/aromatic N) is 2. The fraction of sp³-hybridized carbons (Fsp3) is 0.143. The summed E-state index contributed by atoms with van der Waals surface area (Å²) < 4.78 is 0. The van der Waals surface area contributed by atoms with Crippen molar-refractivity contribution in [3.63, 3.8) is 0 Å². The van der Waals surface area contributed by atoms with E-state index in [0.29, 0.717) is 6.54 Å². The molecule has 4 heteroatoms. The van der Waals surface area contributed by atoms with E-state index in [0.717, 1.165) is 22.5 Å². The van der Waals surface area contributed by atoms with Gasteiger partial charge in [-0.25, -0.2) is 5.01 Å². The Labute approximate surface area is 146 Å². The van der Waals surface area contributed by atoms with Crippen LogP contribution >= 0.6 is 0 Å². The van der Waals surface area contributed by atoms with Crippen molar-refractivity contribution in [2.24, 2.45) is 11.0 Å². The first-order chi connectivity index (χ1) is 12.2. The first-order valence-electron chi connectivity index (χ1n) is 8.40. The van der Waals surface area contributed by atoms with Crippen molar-refractivity contribution in [1.82, 2.24) is 0 Å². The van der Waals surface area contributed by atoms with Gasteiger partial charge < -0.3 is 5.32 Å². The highest BCUT2D eigenvalue weighted by Gasteiger charge is 2.34. The first-order valence-corrected chi connectivity index (χ1v) is 8.40. The van der Waals surface area contributed by atoms with Crippen molar-refractivity contribution in [1.29, 1.82) is 0 Å². The summed E-state index contributed by atoms with van der Waals surface area (Å²) >= 11 is 0. The summed E-state index contributed by atoms with van der Waals surface area (Å²) in [5, 5.41) is 11.7. The van der Waals surface area contributed by atoms with Gasteiger partial charge in [0.2, 0.25) is 0 Å². The van der Waals surface area contributed by atoms with Crippen LogP contribution in [0.1, 0.15) is 6.92 Å². The molecule has 1 N–H and O–H groups in total. The molecule has 0 saturated heterocycles. The normalized spacial score (nSPS) is 17.0. The Bertz CT molecular complexity index is 944. The minimum Gasteiger partial charge on any atom is -0.383 e. The van der Waals surface area contributed by atoms with Gasteiger partial charge in [0.1, 0.15) is 0 Å². The third kappa shape index (κ3) is 2.87. The zero-order chi connectivity index (χ0) is 17.2. The smallest absolute Gasteiger partial charge is 0.258 e. The lowest BCUT2D eigenvalue weighted by atomic mass is 10.0. The molecular formula is C21H19N3O. The highest BCUT2D eigenvalue weighted by molar-refractivity contribution is 6.15. The molecule has 0 bridgehead atoms. The number of hydrogen-bond donors (Lipinski definition) is 1. The van der Waals surface area contributed by atoms with E-state index >= 15 is 0 Å². The molecule has 124 valence electrons. The van der Waals surface area contributed by atoms with Gasteiger partial charge in [0.05, 0.1) is 17.3 Å². The number of carbonyl (C=O) groups is 1. The average Bonchev–Trinajstić information content (AvgIpc) is 2.94. The van der Waals surface area contributed by atoms with Gasteiger partial charge >= 0.3 is 0 Å². The molecule has 1 heterocycles. The number of hydrogen-bond acceptors (Lipinski definition) is 3. The van der Waals surface area contributed by atoms with Crippen LogP contribution in [0, 0.1) is 5.92 Å². The number of benzene rings is 3. The summed E-state index contributed by atoms with van der Waals surface area (Å²) in [6.07, 6.45) is 0. The number of amides is 1. The zero-order valence-electron chi connectivity index (χ0n) is 14.0. The lowest BCUT2D eigenvalue weighted by Gasteiger charge is -2.16. The second-order valence-corrected chi connectivity index (χ2v) is 6.19. The second kappa shape index (κ2) is 6.40. The number of fused-ring (bicyclic) bond motifs is 1. The molecule has 1 unspecified atom stereocenters. The molecule has 0 spiro atoms. The molecule has 1 amide bonds. The van der Waals surface area contributed by atoms with Crippen molar-refractivity contribution in [3.8, 4) is 0 Å². The minimum absolute atomic E-state index is 0.0106. The van der Waals surface area contributed by atoms with Crippen LogP contribution in [0.2, 0.25) is 0 Å². The van der Waals surface area contributed by atoms with E-state index in [1.165, 1.54) is 10.4 Å². The molecular weight excluding hydrogens is 310 g/mol. The van der Waals surface area contributed by atoms with Crippen molar-refractivity contribution >= 4 is 33.8 Å². The van der Waals surface area contributed by atoms with Crippen LogP contribution < -0.4 is 10.3 Å². The maximum absolute atomic E-state index is 12.8. The third-order valence-corrected chi connectivity index (χ3v) is 4.56. The van der Waals surface area contributed by atoms with E-state index in [-0.39, 0.29) is 11.8 Å². The number of nitrogens with one attached hydrogen (secondary N) is 1. The molecule has 1 aliphatic rings. The van der Waals surface area contributed by atoms with Crippen molar-refractivity contribution in [2.45, 2.75) is 6.92 Å². The predicted molar refractivity (Wildman–Crippen MR) is 103 cm³/mol. The second-order valence-electron chi connectivity index (χ2n) is 6.19. The van der Waals surface area contributed by atoms with Crippen LogP contribution in [0.15, 0.2) is 77.9 Å². The van der Waals surface area contributed by atoms with E-state index in [4.69, 9.17) is 0 Å². The largest absolute Gasteiger partial charge is 0.383 e. The molecule has 1 aliphatic heterocycles. The Kier molecular flexibility index (Phi) is 3.94. The zero-order valence-corrected chi connectivity index (χ0v) is 14.0. The van der Waals surface area contributed by atoms with Gasteiger partial charge in [0.15, 0.2) is 0 Å². The van der Waals surface area contributed by atoms with Crippen molar-refractivity contribution in [2.75, 3.05) is 16.9 Å². The third-order valence-electron chi connectivity index (χ3n) is 4.56. The molecule has 0 aliphatic carbocycles. The number of carbonyl (C=O) groups excluding carboxylic acids is 1. The molecule has 0 aromatic heterocycles. The van der Waals surface area contributed by atoms with E-state index in [2.05, 4.69) is 28.6 Å². The van der Waals surface area contributed by atoms with Crippen LogP contribution in [0.5, 0.6) is 0 Å². The maximum atomic E-state index is 12.8. The lowest BCUT2D eigenvalue weighted by Crippen LogP contribution is -2.31. The van der Waals surface area contributed by atoms with Crippen LogP contribution in [-0.2, 0) is 4.79 Å². The van der Waals surface area contributed by atoms with Crippen molar-refractivity contribution in [3.05, 3.63) is 72.8 Å². The summed E-state index contributed by atoms with van der Waals surface area (Å²) in [6.45, 7) is 2.45. The minimum atomic E-state index is -0.251. The number of anilines is 2. The standard InChI is InChI=1S/C21H19N3O/c1-15-19(21(25)24(23-15)17-10-3-2-4-11-17)14-22-20-13-7-9-16-8-5-6-12-18(16)20/h2-13,19,22H,14H2,1H3. The van der Waals surface area contributed by atoms with Crippen LogP contribution in [0.3, 0.4) is 0 Å². The molecule has 3 aromatic carbocycles. The number of hydrazone groups is 1. The maximum Gasteiger partial charge on any atom is 0.258 e. The van der Waals surface area contributed by atoms with E-state index < -0.39 is 0 Å². The average molecular weight is 329 g/mol. The quantitative estimate of drug-likeness (QED) is 0.776. The molecule has 4 nitrogen and oxygen atoms in total. The van der Waals surface area contributed by atoms with Crippen molar-refractivity contribution < 1.29 is 4.79 Å². The van der Waals surface area contributed by atoms with E-state index in [1.807, 2.05) is 61.5 Å². The Hall–Kier alpha value is -3.14. The van der Waals surface area contributed by atoms with E-state index in [1.54, 1.807) is 0 Å². The van der Waals surface area contributed by atoms with Crippen LogP contribution in [0.4, 0.5) is 11.4 Å². The van der Waals surface area contributed by atoms with Gasteiger partial charge in [0, 0.05) is 17.6 Å². The molecule has 4 rings (SSSR count). The summed E-state index contributed by atoms with van der Waals surface area (Å²) in [7, 11) is 0. The molecule has 0 saturated carbocycles. The summed E-state index contributed by atoms with van der Waals surface area (Å²) in [4.78, 5) is 12.8. The van der Waals surface area contributed by atoms with Gasteiger partial charge in [0.25, 0.3) is 5.91 Å². The highest BCUT2D eigenvalue weighted by atomic mass is 16.2. The van der Waals surface area contributed by atoms with Gasteiger partial charge in [-0.15, -0.1) is 0 Å². The Balaban J connectivity index is 1.54. The van der Waals surface area contributed by atoms with Gasteiger partial charge in [-0.05, 0) is 30.5 Å². The summed E-state index contributed by atoms with van der Waals surface area (Å²) in [5.41, 5.74) is 2.68. The molecule has 0 fully saturated rings. The Morgan fingerprint density at radius 2 is 1.68 bits per heavy atom. The molecule has 25 heavy (non-hydrogen) atoms. The van der Waals surface area contributed by atoms with E-state index in [9.17, 15) is 4.79 Å². The molecule has 0 radical (unpaired) electrons. The fourth-order valence-corrected chi connectivity index (χ4v) is 3.18. The SMILES string of the molecule is CC1=NN(c2ccccc2)C(=O)C1CNc1cccc2ccccc12. The van der Waals surface area contributed by atoms with Crippen LogP contribution in [-0.4, -0.2) is 18.2 Å². The number of para-hydroxylation sites is 1. The number of rotatable bonds is 4. The monoisotopic (exact) mass is 329 g/mol. The first kappa shape index (κ1) is 15.4. The predicted octanol–water partition coefficient (Wildman–Crippen LogP) is 4.29. The van der Waals surface area contributed by atoms with Crippen LogP contribution in [0.25, 0.3) is 10.8 Å². The summed E-state index contributed by atoms with van der Waals surface area (Å²) in [5.74, 6) is -0.240.